The van der Waals surface area contributed by atoms with Crippen LogP contribution in [0.2, 0.25) is 0 Å². The highest BCUT2D eigenvalue weighted by molar-refractivity contribution is 7.13. The highest BCUT2D eigenvalue weighted by Crippen LogP contribution is 2.26. The van der Waals surface area contributed by atoms with Gasteiger partial charge < -0.3 is 5.11 Å². The van der Waals surface area contributed by atoms with Gasteiger partial charge in [0.1, 0.15) is 0 Å². The number of nitrogens with zero attached hydrogens (tertiary/aromatic N) is 2. The van der Waals surface area contributed by atoms with Crippen molar-refractivity contribution in [2.45, 2.75) is 25.4 Å². The third-order valence-electron chi connectivity index (χ3n) is 2.92. The molecule has 0 saturated carbocycles. The highest BCUT2D eigenvalue weighted by atomic mass is 32.1. The van der Waals surface area contributed by atoms with Gasteiger partial charge in [-0.1, -0.05) is 11.3 Å². The molecular weight excluding hydrogens is 228 g/mol. The molecule has 0 aliphatic carbocycles. The Kier molecular flexibility index (Phi) is 3.52. The Bertz CT molecular complexity index is 380. The molecule has 1 fully saturated rings. The maximum atomic E-state index is 10.5. The minimum absolute atomic E-state index is 0.173. The second-order valence-electron chi connectivity index (χ2n) is 4.00. The number of likely N-dealkylation sites (tertiary alicyclic amines) is 1. The Morgan fingerprint density at radius 3 is 3.12 bits per heavy atom. The number of thiophene rings is 1. The molecule has 1 aliphatic rings. The monoisotopic (exact) mass is 242 g/mol. The molecule has 1 atom stereocenters. The van der Waals surface area contributed by atoms with Crippen LogP contribution in [0.15, 0.2) is 11.4 Å². The summed E-state index contributed by atoms with van der Waals surface area (Å²) in [4.78, 5) is 12.4. The van der Waals surface area contributed by atoms with Crippen LogP contribution >= 0.6 is 11.3 Å². The molecule has 2 heterocycles. The molecule has 6 heteroatoms. The molecule has 5 nitrogen and oxygen atoms in total. The predicted molar refractivity (Wildman–Crippen MR) is 61.5 cm³/mol. The first-order chi connectivity index (χ1) is 7.70. The molecule has 0 amide bonds. The summed E-state index contributed by atoms with van der Waals surface area (Å²) in [7, 11) is 0. The van der Waals surface area contributed by atoms with Gasteiger partial charge in [0.15, 0.2) is 0 Å². The highest BCUT2D eigenvalue weighted by Gasteiger charge is 2.24. The van der Waals surface area contributed by atoms with Gasteiger partial charge in [-0.05, 0) is 24.9 Å². The van der Waals surface area contributed by atoms with Crippen LogP contribution in [-0.2, 0) is 6.54 Å². The molecule has 0 aromatic carbocycles. The zero-order valence-corrected chi connectivity index (χ0v) is 9.65. The number of aliphatic hydroxyl groups is 1. The second-order valence-corrected chi connectivity index (χ2v) is 4.89. The molecule has 2 rings (SSSR count). The van der Waals surface area contributed by atoms with E-state index in [1.807, 2.05) is 5.38 Å². The summed E-state index contributed by atoms with van der Waals surface area (Å²) < 4.78 is 0. The van der Waals surface area contributed by atoms with E-state index in [2.05, 4.69) is 4.90 Å². The van der Waals surface area contributed by atoms with Crippen LogP contribution in [0, 0.1) is 10.1 Å². The molecule has 1 aromatic heterocycles. The molecule has 1 unspecified atom stereocenters. The second kappa shape index (κ2) is 4.90. The number of aliphatic hydroxyl groups excluding tert-OH is 1. The van der Waals surface area contributed by atoms with Crippen LogP contribution in [0.5, 0.6) is 0 Å². The summed E-state index contributed by atoms with van der Waals surface area (Å²) in [6, 6.07) is 1.84. The van der Waals surface area contributed by atoms with Crippen LogP contribution in [0.4, 0.5) is 5.00 Å². The van der Waals surface area contributed by atoms with Gasteiger partial charge in [-0.15, -0.1) is 0 Å². The van der Waals surface area contributed by atoms with Crippen molar-refractivity contribution >= 4 is 16.3 Å². The van der Waals surface area contributed by atoms with Crippen LogP contribution in [0.25, 0.3) is 0 Å². The lowest BCUT2D eigenvalue weighted by Gasteiger charge is -2.21. The minimum Gasteiger partial charge on any atom is -0.395 e. The average molecular weight is 242 g/mol. The van der Waals surface area contributed by atoms with Crippen molar-refractivity contribution < 1.29 is 10.0 Å². The SMILES string of the molecule is O=[N+]([O-])c1cc(CN2CCCC2CO)cs1. The van der Waals surface area contributed by atoms with E-state index in [0.717, 1.165) is 36.3 Å². The van der Waals surface area contributed by atoms with Crippen molar-refractivity contribution in [3.8, 4) is 0 Å². The molecule has 1 saturated heterocycles. The maximum absolute atomic E-state index is 10.5. The van der Waals surface area contributed by atoms with E-state index >= 15 is 0 Å². The summed E-state index contributed by atoms with van der Waals surface area (Å²) in [6.45, 7) is 1.84. The van der Waals surface area contributed by atoms with Crippen molar-refractivity contribution in [2.24, 2.45) is 0 Å². The van der Waals surface area contributed by atoms with E-state index in [1.54, 1.807) is 6.07 Å². The maximum Gasteiger partial charge on any atom is 0.324 e. The first-order valence-corrected chi connectivity index (χ1v) is 6.15. The van der Waals surface area contributed by atoms with Gasteiger partial charge in [0.25, 0.3) is 0 Å². The third kappa shape index (κ3) is 2.40. The Labute approximate surface area is 97.5 Å². The van der Waals surface area contributed by atoms with Crippen molar-refractivity contribution in [1.29, 1.82) is 0 Å². The summed E-state index contributed by atoms with van der Waals surface area (Å²) in [5, 5.41) is 21.7. The molecule has 0 bridgehead atoms. The smallest absolute Gasteiger partial charge is 0.324 e. The zero-order chi connectivity index (χ0) is 11.5. The van der Waals surface area contributed by atoms with Gasteiger partial charge in [-0.2, -0.15) is 0 Å². The Morgan fingerprint density at radius 2 is 2.50 bits per heavy atom. The van der Waals surface area contributed by atoms with Gasteiger partial charge in [0, 0.05) is 24.0 Å². The van der Waals surface area contributed by atoms with Gasteiger partial charge in [-0.25, -0.2) is 0 Å². The lowest BCUT2D eigenvalue weighted by atomic mass is 10.2. The lowest BCUT2D eigenvalue weighted by Crippen LogP contribution is -2.31. The van der Waals surface area contributed by atoms with E-state index in [4.69, 9.17) is 5.11 Å². The normalized spacial score (nSPS) is 21.4. The van der Waals surface area contributed by atoms with Crippen LogP contribution in [0.3, 0.4) is 0 Å². The largest absolute Gasteiger partial charge is 0.395 e. The summed E-state index contributed by atoms with van der Waals surface area (Å²) in [5.74, 6) is 0. The summed E-state index contributed by atoms with van der Waals surface area (Å²) in [5.41, 5.74) is 0.969. The quantitative estimate of drug-likeness (QED) is 0.643. The van der Waals surface area contributed by atoms with Crippen molar-refractivity contribution in [3.05, 3.63) is 27.1 Å². The predicted octanol–water partition coefficient (Wildman–Crippen LogP) is 1.61. The van der Waals surface area contributed by atoms with Gasteiger partial charge >= 0.3 is 5.00 Å². The standard InChI is InChI=1S/C10H14N2O3S/c13-6-9-2-1-3-11(9)5-8-4-10(12(14)15)16-7-8/h4,7,9,13H,1-3,5-6H2. The summed E-state index contributed by atoms with van der Waals surface area (Å²) in [6.07, 6.45) is 2.11. The minimum atomic E-state index is -0.359. The first kappa shape index (κ1) is 11.5. The Hall–Kier alpha value is -0.980. The molecule has 0 spiro atoms. The van der Waals surface area contributed by atoms with Gasteiger partial charge in [0.05, 0.1) is 11.5 Å². The average Bonchev–Trinajstić information content (AvgIpc) is 2.87. The van der Waals surface area contributed by atoms with Crippen molar-refractivity contribution in [3.63, 3.8) is 0 Å². The lowest BCUT2D eigenvalue weighted by molar-refractivity contribution is -0.380. The topological polar surface area (TPSA) is 66.6 Å². The number of nitro groups is 1. The fraction of sp³-hybridized carbons (Fsp3) is 0.600. The molecule has 1 aliphatic heterocycles. The molecule has 16 heavy (non-hydrogen) atoms. The van der Waals surface area contributed by atoms with Crippen LogP contribution < -0.4 is 0 Å². The molecule has 0 radical (unpaired) electrons. The number of hydrogen-bond donors (Lipinski definition) is 1. The molecular formula is C10H14N2O3S. The first-order valence-electron chi connectivity index (χ1n) is 5.27. The van der Waals surface area contributed by atoms with E-state index < -0.39 is 0 Å². The Balaban J connectivity index is 2.00. The van der Waals surface area contributed by atoms with E-state index in [0.29, 0.717) is 6.54 Å². The fourth-order valence-electron chi connectivity index (χ4n) is 2.09. The fourth-order valence-corrected chi connectivity index (χ4v) is 2.81. The Morgan fingerprint density at radius 1 is 1.69 bits per heavy atom. The number of hydrogen-bond acceptors (Lipinski definition) is 5. The van der Waals surface area contributed by atoms with Gasteiger partial charge in [0.2, 0.25) is 0 Å². The third-order valence-corrected chi connectivity index (χ3v) is 3.84. The molecule has 1 N–H and O–H groups in total. The van der Waals surface area contributed by atoms with E-state index in [1.165, 1.54) is 0 Å². The molecule has 88 valence electrons. The van der Waals surface area contributed by atoms with Crippen molar-refractivity contribution in [2.75, 3.05) is 13.2 Å². The van der Waals surface area contributed by atoms with Gasteiger partial charge in [-0.3, -0.25) is 15.0 Å². The van der Waals surface area contributed by atoms with E-state index in [-0.39, 0.29) is 22.6 Å². The summed E-state index contributed by atoms with van der Waals surface area (Å²) >= 11 is 1.16. The number of rotatable bonds is 4. The van der Waals surface area contributed by atoms with Crippen LogP contribution in [0.1, 0.15) is 18.4 Å². The zero-order valence-electron chi connectivity index (χ0n) is 8.83. The van der Waals surface area contributed by atoms with E-state index in [9.17, 15) is 10.1 Å². The van der Waals surface area contributed by atoms with Crippen LogP contribution in [-0.4, -0.2) is 34.1 Å². The molecule has 1 aromatic rings. The van der Waals surface area contributed by atoms with Crippen molar-refractivity contribution in [1.82, 2.24) is 4.90 Å².